The standard InChI is InChI=1S/C12H17BrN2OS/c1-7(2)15-12(16)8(3)17-11-5-4-9(14)6-10(11)13/h4-8H,14H2,1-3H3,(H,15,16). The van der Waals surface area contributed by atoms with Gasteiger partial charge in [0.15, 0.2) is 0 Å². The molecule has 0 aromatic heterocycles. The maximum Gasteiger partial charge on any atom is 0.233 e. The fraction of sp³-hybridized carbons (Fsp3) is 0.417. The van der Waals surface area contributed by atoms with Crippen LogP contribution in [0.4, 0.5) is 5.69 Å². The number of benzene rings is 1. The number of thioether (sulfide) groups is 1. The second-order valence-electron chi connectivity index (χ2n) is 4.11. The summed E-state index contributed by atoms with van der Waals surface area (Å²) in [6, 6.07) is 5.76. The zero-order valence-corrected chi connectivity index (χ0v) is 12.6. The van der Waals surface area contributed by atoms with Crippen LogP contribution < -0.4 is 11.1 Å². The number of anilines is 1. The van der Waals surface area contributed by atoms with Crippen LogP contribution in [0.15, 0.2) is 27.6 Å². The van der Waals surface area contributed by atoms with E-state index in [1.807, 2.05) is 39.0 Å². The highest BCUT2D eigenvalue weighted by Crippen LogP contribution is 2.32. The molecule has 17 heavy (non-hydrogen) atoms. The normalized spacial score (nSPS) is 12.5. The van der Waals surface area contributed by atoms with Crippen LogP contribution in [0.2, 0.25) is 0 Å². The van der Waals surface area contributed by atoms with Crippen molar-refractivity contribution in [2.45, 2.75) is 37.0 Å². The quantitative estimate of drug-likeness (QED) is 0.663. The van der Waals surface area contributed by atoms with Gasteiger partial charge in [-0.05, 0) is 54.9 Å². The van der Waals surface area contributed by atoms with Gasteiger partial charge in [0.2, 0.25) is 5.91 Å². The summed E-state index contributed by atoms with van der Waals surface area (Å²) in [5.74, 6) is 0.0497. The van der Waals surface area contributed by atoms with Gasteiger partial charge in [-0.3, -0.25) is 4.79 Å². The molecule has 0 saturated heterocycles. The van der Waals surface area contributed by atoms with Gasteiger partial charge in [0.1, 0.15) is 0 Å². The first kappa shape index (κ1) is 14.4. The van der Waals surface area contributed by atoms with Gasteiger partial charge >= 0.3 is 0 Å². The molecule has 1 amide bonds. The first-order chi connectivity index (χ1) is 7.90. The van der Waals surface area contributed by atoms with Gasteiger partial charge in [0.05, 0.1) is 5.25 Å². The van der Waals surface area contributed by atoms with Crippen molar-refractivity contribution in [2.75, 3.05) is 5.73 Å². The maximum atomic E-state index is 11.8. The molecule has 0 bridgehead atoms. The molecular formula is C12H17BrN2OS. The Kier molecular flexibility index (Phi) is 5.33. The number of amides is 1. The van der Waals surface area contributed by atoms with E-state index in [-0.39, 0.29) is 17.2 Å². The summed E-state index contributed by atoms with van der Waals surface area (Å²) in [6.07, 6.45) is 0. The van der Waals surface area contributed by atoms with Crippen molar-refractivity contribution in [1.29, 1.82) is 0 Å². The number of hydrogen-bond donors (Lipinski definition) is 2. The largest absolute Gasteiger partial charge is 0.399 e. The maximum absolute atomic E-state index is 11.8. The number of rotatable bonds is 4. The van der Waals surface area contributed by atoms with E-state index in [4.69, 9.17) is 5.73 Å². The van der Waals surface area contributed by atoms with E-state index < -0.39 is 0 Å². The van der Waals surface area contributed by atoms with Gasteiger partial charge < -0.3 is 11.1 Å². The Morgan fingerprint density at radius 2 is 2.06 bits per heavy atom. The van der Waals surface area contributed by atoms with Crippen molar-refractivity contribution in [1.82, 2.24) is 5.32 Å². The minimum absolute atomic E-state index is 0.0497. The minimum atomic E-state index is -0.127. The predicted octanol–water partition coefficient (Wildman–Crippen LogP) is 3.04. The Morgan fingerprint density at radius 3 is 2.59 bits per heavy atom. The summed E-state index contributed by atoms with van der Waals surface area (Å²) in [6.45, 7) is 5.80. The summed E-state index contributed by atoms with van der Waals surface area (Å²) in [5, 5.41) is 2.77. The molecule has 0 aliphatic carbocycles. The molecule has 0 spiro atoms. The Morgan fingerprint density at radius 1 is 1.41 bits per heavy atom. The average Bonchev–Trinajstić information content (AvgIpc) is 2.21. The van der Waals surface area contributed by atoms with Crippen molar-refractivity contribution < 1.29 is 4.79 Å². The number of carbonyl (C=O) groups is 1. The fourth-order valence-electron chi connectivity index (χ4n) is 1.26. The second kappa shape index (κ2) is 6.31. The van der Waals surface area contributed by atoms with Crippen molar-refractivity contribution in [3.8, 4) is 0 Å². The Labute approximate surface area is 115 Å². The monoisotopic (exact) mass is 316 g/mol. The molecule has 0 saturated carbocycles. The Hall–Kier alpha value is -0.680. The predicted molar refractivity (Wildman–Crippen MR) is 77.2 cm³/mol. The highest BCUT2D eigenvalue weighted by molar-refractivity contribution is 9.10. The zero-order chi connectivity index (χ0) is 13.0. The van der Waals surface area contributed by atoms with E-state index in [2.05, 4.69) is 21.2 Å². The Bertz CT molecular complexity index is 409. The van der Waals surface area contributed by atoms with E-state index >= 15 is 0 Å². The lowest BCUT2D eigenvalue weighted by Gasteiger charge is -2.15. The molecule has 1 unspecified atom stereocenters. The van der Waals surface area contributed by atoms with Crippen LogP contribution in [-0.4, -0.2) is 17.2 Å². The molecule has 3 N–H and O–H groups in total. The van der Waals surface area contributed by atoms with Crippen LogP contribution in [0.25, 0.3) is 0 Å². The number of nitrogens with two attached hydrogens (primary N) is 1. The lowest BCUT2D eigenvalue weighted by atomic mass is 10.3. The molecule has 0 radical (unpaired) electrons. The highest BCUT2D eigenvalue weighted by Gasteiger charge is 2.16. The van der Waals surface area contributed by atoms with E-state index in [0.717, 1.165) is 9.37 Å². The molecule has 1 aromatic rings. The van der Waals surface area contributed by atoms with Crippen molar-refractivity contribution >= 4 is 39.3 Å². The number of hydrogen-bond acceptors (Lipinski definition) is 3. The smallest absolute Gasteiger partial charge is 0.233 e. The topological polar surface area (TPSA) is 55.1 Å². The summed E-state index contributed by atoms with van der Waals surface area (Å²) in [4.78, 5) is 12.8. The number of nitrogen functional groups attached to an aromatic ring is 1. The first-order valence-corrected chi connectivity index (χ1v) is 7.09. The van der Waals surface area contributed by atoms with E-state index in [0.29, 0.717) is 5.69 Å². The van der Waals surface area contributed by atoms with Gasteiger partial charge in [-0.25, -0.2) is 0 Å². The molecule has 0 aliphatic rings. The number of carbonyl (C=O) groups excluding carboxylic acids is 1. The fourth-order valence-corrected chi connectivity index (χ4v) is 2.81. The minimum Gasteiger partial charge on any atom is -0.399 e. The van der Waals surface area contributed by atoms with Crippen molar-refractivity contribution in [3.05, 3.63) is 22.7 Å². The highest BCUT2D eigenvalue weighted by atomic mass is 79.9. The van der Waals surface area contributed by atoms with E-state index in [9.17, 15) is 4.79 Å². The first-order valence-electron chi connectivity index (χ1n) is 5.42. The molecule has 0 aliphatic heterocycles. The number of nitrogens with one attached hydrogen (secondary N) is 1. The van der Waals surface area contributed by atoms with Crippen molar-refractivity contribution in [2.24, 2.45) is 0 Å². The van der Waals surface area contributed by atoms with Gasteiger partial charge in [-0.15, -0.1) is 11.8 Å². The van der Waals surface area contributed by atoms with Crippen LogP contribution in [0.5, 0.6) is 0 Å². The molecular weight excluding hydrogens is 300 g/mol. The molecule has 3 nitrogen and oxygen atoms in total. The third-order valence-electron chi connectivity index (χ3n) is 2.06. The van der Waals surface area contributed by atoms with Crippen LogP contribution in [0.3, 0.4) is 0 Å². The van der Waals surface area contributed by atoms with Gasteiger partial charge in [0, 0.05) is 21.1 Å². The SMILES string of the molecule is CC(C)NC(=O)C(C)Sc1ccc(N)cc1Br. The Balaban J connectivity index is 2.67. The van der Waals surface area contributed by atoms with Gasteiger partial charge in [-0.1, -0.05) is 0 Å². The lowest BCUT2D eigenvalue weighted by Crippen LogP contribution is -2.35. The van der Waals surface area contributed by atoms with Crippen LogP contribution in [-0.2, 0) is 4.79 Å². The zero-order valence-electron chi connectivity index (χ0n) is 10.2. The molecule has 1 rings (SSSR count). The van der Waals surface area contributed by atoms with Crippen LogP contribution in [0, 0.1) is 0 Å². The van der Waals surface area contributed by atoms with Crippen molar-refractivity contribution in [3.63, 3.8) is 0 Å². The third kappa shape index (κ3) is 4.60. The molecule has 1 atom stereocenters. The lowest BCUT2D eigenvalue weighted by molar-refractivity contribution is -0.120. The third-order valence-corrected chi connectivity index (χ3v) is 4.16. The molecule has 94 valence electrons. The van der Waals surface area contributed by atoms with E-state index in [1.54, 1.807) is 0 Å². The summed E-state index contributed by atoms with van der Waals surface area (Å²) >= 11 is 4.96. The summed E-state index contributed by atoms with van der Waals surface area (Å²) in [7, 11) is 0. The molecule has 1 aromatic carbocycles. The summed E-state index contributed by atoms with van der Waals surface area (Å²) in [5.41, 5.74) is 6.37. The number of halogens is 1. The molecule has 0 heterocycles. The van der Waals surface area contributed by atoms with Crippen LogP contribution >= 0.6 is 27.7 Å². The van der Waals surface area contributed by atoms with Crippen LogP contribution in [0.1, 0.15) is 20.8 Å². The molecule has 0 fully saturated rings. The second-order valence-corrected chi connectivity index (χ2v) is 6.35. The average molecular weight is 317 g/mol. The van der Waals surface area contributed by atoms with E-state index in [1.165, 1.54) is 11.8 Å². The van der Waals surface area contributed by atoms with Gasteiger partial charge in [0.25, 0.3) is 0 Å². The van der Waals surface area contributed by atoms with Gasteiger partial charge in [-0.2, -0.15) is 0 Å². The molecule has 5 heteroatoms. The summed E-state index contributed by atoms with van der Waals surface area (Å²) < 4.78 is 0.923.